The third-order valence-corrected chi connectivity index (χ3v) is 6.13. The number of hydrogen-bond acceptors (Lipinski definition) is 3. The first kappa shape index (κ1) is 21.4. The van der Waals surface area contributed by atoms with E-state index in [9.17, 15) is 9.90 Å². The van der Waals surface area contributed by atoms with Crippen molar-refractivity contribution in [2.24, 2.45) is 5.92 Å². The first-order valence-electron chi connectivity index (χ1n) is 10.3. The van der Waals surface area contributed by atoms with Gasteiger partial charge < -0.3 is 14.3 Å². The lowest BCUT2D eigenvalue weighted by molar-refractivity contribution is -0.938. The number of aliphatic hydroxyl groups is 1. The maximum atomic E-state index is 12.1. The number of fused-ring (bicyclic) bond motifs is 3. The Balaban J connectivity index is 1.59. The van der Waals surface area contributed by atoms with Crippen molar-refractivity contribution in [3.8, 4) is 0 Å². The molecule has 0 radical (unpaired) electrons. The van der Waals surface area contributed by atoms with E-state index in [0.717, 1.165) is 35.6 Å². The van der Waals surface area contributed by atoms with Crippen molar-refractivity contribution in [1.82, 2.24) is 0 Å². The quantitative estimate of drug-likeness (QED) is 0.438. The highest BCUT2D eigenvalue weighted by atomic mass is 35.5. The summed E-state index contributed by atoms with van der Waals surface area (Å²) in [7, 11) is 0. The second kappa shape index (κ2) is 8.56. The van der Waals surface area contributed by atoms with Crippen LogP contribution < -0.4 is 0 Å². The molecule has 1 atom stereocenters. The summed E-state index contributed by atoms with van der Waals surface area (Å²) in [5.74, 6) is 0.360. The Morgan fingerprint density at radius 3 is 2.54 bits per heavy atom. The molecular weight excluding hydrogens is 374 g/mol. The van der Waals surface area contributed by atoms with E-state index in [2.05, 4.69) is 18.2 Å². The molecule has 0 amide bonds. The Morgan fingerprint density at radius 1 is 1.29 bits per heavy atom. The third-order valence-electron chi connectivity index (χ3n) is 5.88. The van der Waals surface area contributed by atoms with Gasteiger partial charge in [-0.3, -0.25) is 4.79 Å². The van der Waals surface area contributed by atoms with Gasteiger partial charge in [0, 0.05) is 17.9 Å². The Hall–Kier alpha value is -1.36. The molecule has 1 aromatic rings. The molecule has 1 aromatic carbocycles. The Kier molecular flexibility index (Phi) is 6.53. The first-order chi connectivity index (χ1) is 13.1. The second-order valence-electron chi connectivity index (χ2n) is 9.46. The smallest absolute Gasteiger partial charge is 0.309 e. The summed E-state index contributed by atoms with van der Waals surface area (Å²) >= 11 is 5.98. The molecule has 3 aliphatic rings. The lowest BCUT2D eigenvalue weighted by Crippen LogP contribution is -2.61. The van der Waals surface area contributed by atoms with Gasteiger partial charge in [-0.05, 0) is 56.4 Å². The highest BCUT2D eigenvalue weighted by molar-refractivity contribution is 6.30. The predicted octanol–water partition coefficient (Wildman–Crippen LogP) is 4.14. The van der Waals surface area contributed by atoms with Crippen LogP contribution in [0.4, 0.5) is 0 Å². The van der Waals surface area contributed by atoms with Gasteiger partial charge in [-0.25, -0.2) is 0 Å². The van der Waals surface area contributed by atoms with E-state index in [0.29, 0.717) is 12.5 Å². The standard InChI is InChI=1S/C23H33ClNO3/c1-23(2,3)28-22(27)14-21(26)16-25-12-10-18(11-13-25)19(15-25)7-4-17-5-8-20(24)9-6-17/h5-9,18,21,26H,4,10-16H2,1-3H3/q+1. The minimum atomic E-state index is -0.651. The van der Waals surface area contributed by atoms with Crippen molar-refractivity contribution in [3.63, 3.8) is 0 Å². The minimum Gasteiger partial charge on any atom is -0.460 e. The molecule has 1 unspecified atom stereocenters. The number of carbonyl (C=O) groups is 1. The van der Waals surface area contributed by atoms with Gasteiger partial charge in [0.25, 0.3) is 0 Å². The zero-order chi connectivity index (χ0) is 20.4. The van der Waals surface area contributed by atoms with Crippen molar-refractivity contribution in [3.05, 3.63) is 46.5 Å². The zero-order valence-corrected chi connectivity index (χ0v) is 18.0. The number of allylic oxidation sites excluding steroid dienone is 1. The molecule has 1 N–H and O–H groups in total. The fourth-order valence-corrected chi connectivity index (χ4v) is 4.72. The van der Waals surface area contributed by atoms with E-state index in [1.54, 1.807) is 0 Å². The maximum absolute atomic E-state index is 12.1. The SMILES string of the molecule is CC(C)(C)OC(=O)CC(O)C[N+]12CCC(CC1)C(=CCc1ccc(Cl)cc1)C2. The molecule has 4 nitrogen and oxygen atoms in total. The van der Waals surface area contributed by atoms with Gasteiger partial charge in [-0.2, -0.15) is 0 Å². The normalized spacial score (nSPS) is 27.0. The highest BCUT2D eigenvalue weighted by Crippen LogP contribution is 2.38. The number of ether oxygens (including phenoxy) is 1. The molecule has 2 bridgehead atoms. The number of quaternary nitrogens is 1. The summed E-state index contributed by atoms with van der Waals surface area (Å²) in [4.78, 5) is 12.1. The third kappa shape index (κ3) is 5.82. The summed E-state index contributed by atoms with van der Waals surface area (Å²) in [6.07, 6.45) is 5.06. The van der Waals surface area contributed by atoms with Crippen LogP contribution in [-0.2, 0) is 16.0 Å². The number of aliphatic hydroxyl groups excluding tert-OH is 1. The van der Waals surface area contributed by atoms with Crippen LogP contribution in [0.25, 0.3) is 0 Å². The Morgan fingerprint density at radius 2 is 1.93 bits per heavy atom. The lowest BCUT2D eigenvalue weighted by Gasteiger charge is -2.51. The summed E-state index contributed by atoms with van der Waals surface area (Å²) in [5.41, 5.74) is 2.27. The predicted molar refractivity (Wildman–Crippen MR) is 112 cm³/mol. The average Bonchev–Trinajstić information content (AvgIpc) is 2.60. The molecular formula is C23H33ClNO3+. The molecule has 0 saturated carbocycles. The topological polar surface area (TPSA) is 46.5 Å². The van der Waals surface area contributed by atoms with Crippen LogP contribution in [-0.4, -0.2) is 53.4 Å². The second-order valence-corrected chi connectivity index (χ2v) is 9.89. The van der Waals surface area contributed by atoms with Gasteiger partial charge >= 0.3 is 5.97 Å². The van der Waals surface area contributed by atoms with Crippen LogP contribution in [0.2, 0.25) is 5.02 Å². The molecule has 4 rings (SSSR count). The zero-order valence-electron chi connectivity index (χ0n) is 17.3. The average molecular weight is 407 g/mol. The number of carbonyl (C=O) groups excluding carboxylic acids is 1. The number of halogens is 1. The molecule has 0 aliphatic carbocycles. The van der Waals surface area contributed by atoms with Crippen molar-refractivity contribution >= 4 is 17.6 Å². The number of esters is 1. The number of piperidine rings is 3. The lowest BCUT2D eigenvalue weighted by atomic mass is 9.80. The number of nitrogens with zero attached hydrogens (tertiary/aromatic N) is 1. The van der Waals surface area contributed by atoms with E-state index in [4.69, 9.17) is 16.3 Å². The van der Waals surface area contributed by atoms with E-state index >= 15 is 0 Å². The monoisotopic (exact) mass is 406 g/mol. The fraction of sp³-hybridized carbons (Fsp3) is 0.609. The van der Waals surface area contributed by atoms with Crippen LogP contribution in [0.3, 0.4) is 0 Å². The number of rotatable bonds is 6. The molecule has 3 aliphatic heterocycles. The molecule has 28 heavy (non-hydrogen) atoms. The van der Waals surface area contributed by atoms with E-state index < -0.39 is 11.7 Å². The Bertz CT molecular complexity index is 712. The number of hydrogen-bond donors (Lipinski definition) is 1. The van der Waals surface area contributed by atoms with Gasteiger partial charge in [0.2, 0.25) is 0 Å². The molecule has 3 saturated heterocycles. The summed E-state index contributed by atoms with van der Waals surface area (Å²) in [6, 6.07) is 8.03. The molecule has 5 heteroatoms. The van der Waals surface area contributed by atoms with Gasteiger partial charge in [0.05, 0.1) is 19.5 Å². The van der Waals surface area contributed by atoms with Crippen LogP contribution in [0.5, 0.6) is 0 Å². The van der Waals surface area contributed by atoms with E-state index in [1.807, 2.05) is 32.9 Å². The van der Waals surface area contributed by atoms with Crippen molar-refractivity contribution in [2.75, 3.05) is 26.2 Å². The summed E-state index contributed by atoms with van der Waals surface area (Å²) < 4.78 is 6.26. The minimum absolute atomic E-state index is 0.0739. The van der Waals surface area contributed by atoms with Gasteiger partial charge in [0.1, 0.15) is 24.8 Å². The molecule has 0 aromatic heterocycles. The van der Waals surface area contributed by atoms with Crippen LogP contribution in [0, 0.1) is 5.92 Å². The van der Waals surface area contributed by atoms with Crippen LogP contribution >= 0.6 is 11.6 Å². The molecule has 154 valence electrons. The van der Waals surface area contributed by atoms with Gasteiger partial charge in [-0.1, -0.05) is 29.8 Å². The van der Waals surface area contributed by atoms with Crippen molar-refractivity contribution in [1.29, 1.82) is 0 Å². The van der Waals surface area contributed by atoms with E-state index in [1.165, 1.54) is 24.0 Å². The van der Waals surface area contributed by atoms with Gasteiger partial charge in [0.15, 0.2) is 0 Å². The summed E-state index contributed by atoms with van der Waals surface area (Å²) in [6.45, 7) is 9.36. The van der Waals surface area contributed by atoms with E-state index in [-0.39, 0.29) is 12.4 Å². The highest BCUT2D eigenvalue weighted by Gasteiger charge is 2.43. The first-order valence-corrected chi connectivity index (χ1v) is 10.7. The van der Waals surface area contributed by atoms with Crippen molar-refractivity contribution in [2.45, 2.75) is 58.2 Å². The Labute approximate surface area is 173 Å². The van der Waals surface area contributed by atoms with Crippen LogP contribution in [0.15, 0.2) is 35.9 Å². The molecule has 3 fully saturated rings. The summed E-state index contributed by atoms with van der Waals surface area (Å²) in [5, 5.41) is 11.3. The molecule has 0 spiro atoms. The van der Waals surface area contributed by atoms with Crippen LogP contribution in [0.1, 0.15) is 45.6 Å². The molecule has 3 heterocycles. The maximum Gasteiger partial charge on any atom is 0.309 e. The van der Waals surface area contributed by atoms with Gasteiger partial charge in [-0.15, -0.1) is 0 Å². The largest absolute Gasteiger partial charge is 0.460 e. The number of benzene rings is 1. The fourth-order valence-electron chi connectivity index (χ4n) is 4.60. The van der Waals surface area contributed by atoms with Crippen molar-refractivity contribution < 1.29 is 19.1 Å².